The molecule has 0 bridgehead atoms. The molecule has 0 amide bonds. The van der Waals surface area contributed by atoms with Crippen molar-refractivity contribution in [3.63, 3.8) is 0 Å². The van der Waals surface area contributed by atoms with Gasteiger partial charge < -0.3 is 14.0 Å². The maximum atomic E-state index is 12.7. The first kappa shape index (κ1) is 16.7. The van der Waals surface area contributed by atoms with E-state index in [1.165, 1.54) is 0 Å². The second kappa shape index (κ2) is 6.77. The normalized spacial score (nSPS) is 16.6. The quantitative estimate of drug-likeness (QED) is 0.580. The average molecular weight is 389 g/mol. The summed E-state index contributed by atoms with van der Waals surface area (Å²) >= 11 is 3.34. The third kappa shape index (κ3) is 3.08. The molecule has 5 nitrogen and oxygen atoms in total. The van der Waals surface area contributed by atoms with Crippen LogP contribution in [0.2, 0.25) is 0 Å². The first-order valence-corrected chi connectivity index (χ1v) is 8.31. The van der Waals surface area contributed by atoms with Crippen molar-refractivity contribution < 1.29 is 14.3 Å². The van der Waals surface area contributed by atoms with Crippen LogP contribution in [0.4, 0.5) is 0 Å². The van der Waals surface area contributed by atoms with Crippen LogP contribution in [0.1, 0.15) is 29.0 Å². The monoisotopic (exact) mass is 388 g/mol. The number of hydrogen-bond donors (Lipinski definition) is 0. The molecule has 1 fully saturated rings. The Morgan fingerprint density at radius 3 is 2.79 bits per heavy atom. The van der Waals surface area contributed by atoms with Crippen LogP contribution >= 0.6 is 15.9 Å². The molecule has 1 aliphatic heterocycles. The summed E-state index contributed by atoms with van der Waals surface area (Å²) in [5, 5.41) is 0. The van der Waals surface area contributed by atoms with Gasteiger partial charge in [0.15, 0.2) is 11.3 Å². The minimum atomic E-state index is -0.788. The molecular weight excluding hydrogens is 372 g/mol. The van der Waals surface area contributed by atoms with E-state index in [0.717, 1.165) is 5.56 Å². The molecule has 1 atom stereocenters. The Labute approximate surface area is 148 Å². The van der Waals surface area contributed by atoms with Crippen LogP contribution < -0.4 is 0 Å². The van der Waals surface area contributed by atoms with Crippen LogP contribution in [0, 0.1) is 0 Å². The standard InChI is InChI=1S/C18H17BrN2O3/c1-3-9-18(10-23-11-18)24-17(22)15-16(19)20-12-21(15)13(2)14-7-5-4-6-8-14/h4-9,12-13H,1,10-11H2,2H3/t13-/m1/s1. The molecular formula is C18H17BrN2O3. The van der Waals surface area contributed by atoms with E-state index in [4.69, 9.17) is 9.47 Å². The minimum Gasteiger partial charge on any atom is -0.444 e. The van der Waals surface area contributed by atoms with Crippen molar-refractivity contribution in [3.8, 4) is 0 Å². The van der Waals surface area contributed by atoms with E-state index in [2.05, 4.69) is 33.2 Å². The van der Waals surface area contributed by atoms with Crippen molar-refractivity contribution in [3.05, 3.63) is 70.9 Å². The molecule has 0 saturated carbocycles. The second-order valence-electron chi connectivity index (χ2n) is 5.67. The highest BCUT2D eigenvalue weighted by atomic mass is 79.9. The number of hydrogen-bond acceptors (Lipinski definition) is 4. The van der Waals surface area contributed by atoms with Crippen LogP contribution in [0.5, 0.6) is 0 Å². The maximum Gasteiger partial charge on any atom is 0.358 e. The van der Waals surface area contributed by atoms with Gasteiger partial charge in [-0.05, 0) is 28.4 Å². The summed E-state index contributed by atoms with van der Waals surface area (Å²) in [6, 6.07) is 9.84. The Hall–Kier alpha value is -2.14. The number of imidazole rings is 1. The van der Waals surface area contributed by atoms with Gasteiger partial charge in [0.1, 0.15) is 4.60 Å². The molecule has 0 spiro atoms. The lowest BCUT2D eigenvalue weighted by molar-refractivity contribution is -0.152. The molecule has 1 aliphatic rings. The molecule has 1 aromatic carbocycles. The van der Waals surface area contributed by atoms with Crippen LogP contribution in [0.15, 0.2) is 59.6 Å². The molecule has 3 rings (SSSR count). The summed E-state index contributed by atoms with van der Waals surface area (Å²) in [6.45, 7) is 6.17. The Balaban J connectivity index is 1.90. The molecule has 0 unspecified atom stereocenters. The Kier molecular flexibility index (Phi) is 4.71. The SMILES string of the molecule is C=C=CC1(OC(=O)c2c(Br)ncn2[C@H](C)c2ccccc2)COC1. The smallest absolute Gasteiger partial charge is 0.358 e. The summed E-state index contributed by atoms with van der Waals surface area (Å²) in [5.41, 5.74) is 3.33. The molecule has 0 aliphatic carbocycles. The fourth-order valence-corrected chi connectivity index (χ4v) is 3.07. The van der Waals surface area contributed by atoms with Crippen molar-refractivity contribution in [2.75, 3.05) is 13.2 Å². The van der Waals surface area contributed by atoms with Crippen LogP contribution in [0.25, 0.3) is 0 Å². The first-order chi connectivity index (χ1) is 11.6. The van der Waals surface area contributed by atoms with Gasteiger partial charge in [0.2, 0.25) is 0 Å². The number of carbonyl (C=O) groups excluding carboxylic acids is 1. The number of nitrogens with zero attached hydrogens (tertiary/aromatic N) is 2. The number of esters is 1. The predicted octanol–water partition coefficient (Wildman–Crippen LogP) is 3.52. The lowest BCUT2D eigenvalue weighted by atomic mass is 10.0. The second-order valence-corrected chi connectivity index (χ2v) is 6.42. The van der Waals surface area contributed by atoms with E-state index in [1.807, 2.05) is 37.3 Å². The molecule has 1 saturated heterocycles. The van der Waals surface area contributed by atoms with E-state index < -0.39 is 11.6 Å². The third-order valence-corrected chi connectivity index (χ3v) is 4.58. The van der Waals surface area contributed by atoms with Gasteiger partial charge in [-0.1, -0.05) is 36.9 Å². The van der Waals surface area contributed by atoms with Crippen molar-refractivity contribution in [2.45, 2.75) is 18.6 Å². The van der Waals surface area contributed by atoms with Gasteiger partial charge >= 0.3 is 5.97 Å². The van der Waals surface area contributed by atoms with E-state index in [1.54, 1.807) is 17.0 Å². The zero-order valence-corrected chi connectivity index (χ0v) is 14.8. The zero-order valence-electron chi connectivity index (χ0n) is 13.2. The van der Waals surface area contributed by atoms with Crippen LogP contribution in [-0.4, -0.2) is 34.3 Å². The third-order valence-electron chi connectivity index (χ3n) is 4.00. The number of halogens is 1. The predicted molar refractivity (Wildman–Crippen MR) is 92.9 cm³/mol. The summed E-state index contributed by atoms with van der Waals surface area (Å²) in [4.78, 5) is 16.9. The molecule has 6 heteroatoms. The molecule has 0 N–H and O–H groups in total. The molecule has 0 radical (unpaired) electrons. The van der Waals surface area contributed by atoms with Crippen molar-refractivity contribution in [1.29, 1.82) is 0 Å². The summed E-state index contributed by atoms with van der Waals surface area (Å²) in [7, 11) is 0. The van der Waals surface area contributed by atoms with E-state index in [0.29, 0.717) is 23.5 Å². The lowest BCUT2D eigenvalue weighted by Crippen LogP contribution is -2.51. The van der Waals surface area contributed by atoms with Gasteiger partial charge in [0.25, 0.3) is 0 Å². The average Bonchev–Trinajstić information content (AvgIpc) is 2.94. The Bertz CT molecular complexity index is 790. The zero-order chi connectivity index (χ0) is 17.2. The lowest BCUT2D eigenvalue weighted by Gasteiger charge is -2.37. The fourth-order valence-electron chi connectivity index (χ4n) is 2.61. The summed E-state index contributed by atoms with van der Waals surface area (Å²) in [6.07, 6.45) is 3.26. The van der Waals surface area contributed by atoms with Crippen molar-refractivity contribution in [2.24, 2.45) is 0 Å². The van der Waals surface area contributed by atoms with E-state index in [9.17, 15) is 4.79 Å². The molecule has 24 heavy (non-hydrogen) atoms. The number of aromatic nitrogens is 2. The minimum absolute atomic E-state index is 0.0592. The highest BCUT2D eigenvalue weighted by molar-refractivity contribution is 9.10. The first-order valence-electron chi connectivity index (χ1n) is 7.52. The Morgan fingerprint density at radius 1 is 1.50 bits per heavy atom. The number of benzene rings is 1. The number of rotatable bonds is 5. The maximum absolute atomic E-state index is 12.7. The highest BCUT2D eigenvalue weighted by Crippen LogP contribution is 2.29. The summed E-state index contributed by atoms with van der Waals surface area (Å²) < 4.78 is 13.1. The van der Waals surface area contributed by atoms with E-state index >= 15 is 0 Å². The van der Waals surface area contributed by atoms with Gasteiger partial charge in [0, 0.05) is 6.08 Å². The van der Waals surface area contributed by atoms with Crippen molar-refractivity contribution in [1.82, 2.24) is 9.55 Å². The fraction of sp³-hybridized carbons (Fsp3) is 0.278. The molecule has 2 heterocycles. The van der Waals surface area contributed by atoms with E-state index in [-0.39, 0.29) is 6.04 Å². The van der Waals surface area contributed by atoms with Crippen molar-refractivity contribution >= 4 is 21.9 Å². The van der Waals surface area contributed by atoms with Gasteiger partial charge in [0.05, 0.1) is 25.6 Å². The molecule has 1 aromatic heterocycles. The number of ether oxygens (including phenoxy) is 2. The van der Waals surface area contributed by atoms with Gasteiger partial charge in [-0.15, -0.1) is 5.73 Å². The summed E-state index contributed by atoms with van der Waals surface area (Å²) in [5.74, 6) is -0.461. The Morgan fingerprint density at radius 2 is 2.21 bits per heavy atom. The van der Waals surface area contributed by atoms with Crippen LogP contribution in [-0.2, 0) is 9.47 Å². The van der Waals surface area contributed by atoms with Crippen LogP contribution in [0.3, 0.4) is 0 Å². The number of carbonyl (C=O) groups is 1. The molecule has 124 valence electrons. The topological polar surface area (TPSA) is 53.3 Å². The van der Waals surface area contributed by atoms with Gasteiger partial charge in [-0.3, -0.25) is 0 Å². The highest BCUT2D eigenvalue weighted by Gasteiger charge is 2.41. The largest absolute Gasteiger partial charge is 0.444 e. The molecule has 2 aromatic rings. The van der Waals surface area contributed by atoms with Gasteiger partial charge in [-0.25, -0.2) is 9.78 Å². The van der Waals surface area contributed by atoms with Gasteiger partial charge in [-0.2, -0.15) is 0 Å².